The maximum atomic E-state index is 12.7. The molecule has 0 radical (unpaired) electrons. The number of para-hydroxylation sites is 1. The third-order valence-corrected chi connectivity index (χ3v) is 4.10. The topological polar surface area (TPSA) is 58.3 Å². The number of hydrogen-bond donors (Lipinski definition) is 0. The van der Waals surface area contributed by atoms with E-state index in [1.54, 1.807) is 18.1 Å². The number of rotatable bonds is 3. The molecule has 0 aliphatic carbocycles. The number of urea groups is 1. The monoisotopic (exact) mass is 327 g/mol. The minimum absolute atomic E-state index is 0.158. The first-order valence-corrected chi connectivity index (χ1v) is 7.72. The van der Waals surface area contributed by atoms with Crippen molar-refractivity contribution < 1.29 is 13.9 Å². The zero-order chi connectivity index (χ0) is 17.3. The van der Waals surface area contributed by atoms with Crippen molar-refractivity contribution in [3.05, 3.63) is 42.3 Å². The van der Waals surface area contributed by atoms with Crippen LogP contribution in [-0.4, -0.2) is 48.5 Å². The summed E-state index contributed by atoms with van der Waals surface area (Å²) in [4.78, 5) is 19.8. The molecule has 0 saturated carbocycles. The third-order valence-electron chi connectivity index (χ3n) is 4.10. The molecule has 2 heterocycles. The Labute approximate surface area is 141 Å². The second-order valence-electron chi connectivity index (χ2n) is 6.43. The molecule has 1 aromatic carbocycles. The number of hydrogen-bond acceptors (Lipinski definition) is 4. The zero-order valence-electron chi connectivity index (χ0n) is 14.2. The van der Waals surface area contributed by atoms with Crippen LogP contribution in [0.5, 0.6) is 0 Å². The van der Waals surface area contributed by atoms with Crippen molar-refractivity contribution in [2.24, 2.45) is 4.99 Å². The number of furan rings is 1. The van der Waals surface area contributed by atoms with Gasteiger partial charge in [0.25, 0.3) is 0 Å². The molecule has 0 atom stereocenters. The zero-order valence-corrected chi connectivity index (χ0v) is 14.2. The minimum atomic E-state index is -0.333. The number of carbonyl (C=O) groups excluding carboxylic acids is 1. The summed E-state index contributed by atoms with van der Waals surface area (Å²) in [6, 6.07) is 9.43. The lowest BCUT2D eigenvalue weighted by Crippen LogP contribution is -2.48. The normalized spacial score (nSPS) is 17.3. The van der Waals surface area contributed by atoms with Gasteiger partial charge >= 0.3 is 6.03 Å². The summed E-state index contributed by atoms with van der Waals surface area (Å²) < 4.78 is 11.2. The van der Waals surface area contributed by atoms with Gasteiger partial charge in [-0.25, -0.2) is 4.79 Å². The van der Waals surface area contributed by atoms with Gasteiger partial charge in [0.05, 0.1) is 12.1 Å². The molecule has 1 saturated heterocycles. The molecule has 1 aliphatic rings. The summed E-state index contributed by atoms with van der Waals surface area (Å²) in [5.74, 6) is 0.572. The van der Waals surface area contributed by atoms with Crippen LogP contribution in [0.2, 0.25) is 0 Å². The molecule has 0 unspecified atom stereocenters. The fourth-order valence-corrected chi connectivity index (χ4v) is 2.67. The Morgan fingerprint density at radius 3 is 2.79 bits per heavy atom. The molecular formula is C18H21N3O3. The van der Waals surface area contributed by atoms with Crippen molar-refractivity contribution in [1.29, 1.82) is 0 Å². The van der Waals surface area contributed by atoms with E-state index in [2.05, 4.69) is 11.7 Å². The first-order valence-electron chi connectivity index (χ1n) is 7.72. The van der Waals surface area contributed by atoms with Crippen molar-refractivity contribution in [3.8, 4) is 0 Å². The second kappa shape index (κ2) is 6.13. The lowest BCUT2D eigenvalue weighted by molar-refractivity contribution is 0.125. The van der Waals surface area contributed by atoms with Gasteiger partial charge in [-0.15, -0.1) is 0 Å². The summed E-state index contributed by atoms with van der Waals surface area (Å²) in [5.41, 5.74) is 0.936. The molecule has 1 aliphatic heterocycles. The second-order valence-corrected chi connectivity index (χ2v) is 6.43. The Morgan fingerprint density at radius 2 is 2.17 bits per heavy atom. The van der Waals surface area contributed by atoms with E-state index in [9.17, 15) is 4.79 Å². The Hall–Kier alpha value is -2.60. The SMILES string of the molecule is C=NC(=CN(C)C(=O)N1COCC1(C)C)c1cc2ccccc2o1. The van der Waals surface area contributed by atoms with Crippen LogP contribution in [0.4, 0.5) is 4.79 Å². The molecule has 0 bridgehead atoms. The van der Waals surface area contributed by atoms with Crippen LogP contribution in [-0.2, 0) is 4.74 Å². The Morgan fingerprint density at radius 1 is 1.42 bits per heavy atom. The van der Waals surface area contributed by atoms with Gasteiger partial charge < -0.3 is 14.1 Å². The lowest BCUT2D eigenvalue weighted by atomic mass is 10.1. The van der Waals surface area contributed by atoms with Crippen molar-refractivity contribution in [3.63, 3.8) is 0 Å². The Bertz CT molecular complexity index is 774. The number of carbonyl (C=O) groups is 1. The summed E-state index contributed by atoms with van der Waals surface area (Å²) in [5, 5.41) is 0.977. The number of benzene rings is 1. The van der Waals surface area contributed by atoms with E-state index in [0.717, 1.165) is 11.0 Å². The third kappa shape index (κ3) is 2.92. The van der Waals surface area contributed by atoms with Gasteiger partial charge in [0.15, 0.2) is 5.76 Å². The predicted molar refractivity (Wildman–Crippen MR) is 93.6 cm³/mol. The fraction of sp³-hybridized carbons (Fsp3) is 0.333. The average molecular weight is 327 g/mol. The van der Waals surface area contributed by atoms with E-state index in [0.29, 0.717) is 18.1 Å². The molecule has 1 fully saturated rings. The summed E-state index contributed by atoms with van der Waals surface area (Å²) in [6.45, 7) is 8.34. The van der Waals surface area contributed by atoms with Crippen molar-refractivity contribution >= 4 is 29.4 Å². The Kier molecular flexibility index (Phi) is 4.15. The van der Waals surface area contributed by atoms with Crippen molar-refractivity contribution in [1.82, 2.24) is 9.80 Å². The summed E-state index contributed by atoms with van der Waals surface area (Å²) in [7, 11) is 1.69. The van der Waals surface area contributed by atoms with Crippen LogP contribution in [0.3, 0.4) is 0 Å². The molecule has 6 nitrogen and oxygen atoms in total. The van der Waals surface area contributed by atoms with Gasteiger partial charge in [-0.3, -0.25) is 9.89 Å². The van der Waals surface area contributed by atoms with Gasteiger partial charge in [0, 0.05) is 18.6 Å². The van der Waals surface area contributed by atoms with Gasteiger partial charge in [-0.1, -0.05) is 18.2 Å². The van der Waals surface area contributed by atoms with Gasteiger partial charge in [0.1, 0.15) is 18.0 Å². The highest BCUT2D eigenvalue weighted by Gasteiger charge is 2.37. The van der Waals surface area contributed by atoms with Gasteiger partial charge in [-0.05, 0) is 32.7 Å². The number of fused-ring (bicyclic) bond motifs is 1. The molecule has 2 aromatic rings. The highest BCUT2D eigenvalue weighted by atomic mass is 16.5. The number of ether oxygens (including phenoxy) is 1. The maximum absolute atomic E-state index is 12.7. The average Bonchev–Trinajstić information content (AvgIpc) is 3.13. The van der Waals surface area contributed by atoms with Gasteiger partial charge in [-0.2, -0.15) is 0 Å². The van der Waals surface area contributed by atoms with E-state index in [4.69, 9.17) is 9.15 Å². The molecular weight excluding hydrogens is 306 g/mol. The van der Waals surface area contributed by atoms with Crippen LogP contribution < -0.4 is 0 Å². The molecule has 6 heteroatoms. The lowest BCUT2D eigenvalue weighted by Gasteiger charge is -2.31. The molecule has 1 aromatic heterocycles. The van der Waals surface area contributed by atoms with E-state index in [-0.39, 0.29) is 18.3 Å². The summed E-state index contributed by atoms with van der Waals surface area (Å²) in [6.07, 6.45) is 1.63. The van der Waals surface area contributed by atoms with Crippen LogP contribution >= 0.6 is 0 Å². The number of nitrogens with zero attached hydrogens (tertiary/aromatic N) is 3. The van der Waals surface area contributed by atoms with Crippen LogP contribution in [0.25, 0.3) is 16.7 Å². The highest BCUT2D eigenvalue weighted by Crippen LogP contribution is 2.27. The van der Waals surface area contributed by atoms with Crippen LogP contribution in [0.1, 0.15) is 19.6 Å². The highest BCUT2D eigenvalue weighted by molar-refractivity contribution is 5.83. The van der Waals surface area contributed by atoms with Crippen molar-refractivity contribution in [2.75, 3.05) is 20.4 Å². The largest absolute Gasteiger partial charge is 0.454 e. The van der Waals surface area contributed by atoms with Crippen LogP contribution in [0, 0.1) is 0 Å². The smallest absolute Gasteiger partial charge is 0.326 e. The minimum Gasteiger partial charge on any atom is -0.454 e. The maximum Gasteiger partial charge on any atom is 0.326 e. The Balaban J connectivity index is 1.86. The van der Waals surface area contributed by atoms with E-state index >= 15 is 0 Å². The van der Waals surface area contributed by atoms with E-state index in [1.807, 2.05) is 44.2 Å². The molecule has 0 spiro atoms. The number of amides is 2. The first kappa shape index (κ1) is 16.3. The van der Waals surface area contributed by atoms with Crippen LogP contribution in [0.15, 0.2) is 45.9 Å². The predicted octanol–water partition coefficient (Wildman–Crippen LogP) is 3.55. The molecule has 126 valence electrons. The first-order chi connectivity index (χ1) is 11.4. The quantitative estimate of drug-likeness (QED) is 0.810. The standard InChI is InChI=1S/C18H21N3O3/c1-18(2)11-23-12-21(18)17(22)20(4)10-14(19-3)16-9-13-7-5-6-8-15(13)24-16/h5-10H,3,11-12H2,1-2,4H3. The molecule has 2 amide bonds. The van der Waals surface area contributed by atoms with E-state index in [1.165, 1.54) is 4.90 Å². The van der Waals surface area contributed by atoms with E-state index < -0.39 is 0 Å². The summed E-state index contributed by atoms with van der Waals surface area (Å²) >= 11 is 0. The number of aliphatic imine (C=N–C) groups is 1. The molecule has 24 heavy (non-hydrogen) atoms. The van der Waals surface area contributed by atoms with Gasteiger partial charge in [0.2, 0.25) is 0 Å². The van der Waals surface area contributed by atoms with Crippen molar-refractivity contribution in [2.45, 2.75) is 19.4 Å². The fourth-order valence-electron chi connectivity index (χ4n) is 2.67. The molecule has 0 N–H and O–H groups in total. The molecule has 3 rings (SSSR count).